The Bertz CT molecular complexity index is 370. The summed E-state index contributed by atoms with van der Waals surface area (Å²) in [5, 5.41) is 6.83. The molecule has 0 radical (unpaired) electrons. The highest BCUT2D eigenvalue weighted by Crippen LogP contribution is 2.32. The van der Waals surface area contributed by atoms with Gasteiger partial charge in [-0.15, -0.1) is 0 Å². The standard InChI is InChI=1S/C8H6F4N2/c9-5-3-1-2-4(8(10,11)12)6(5)7(13)14/h1-3H,(H3,13,14). The van der Waals surface area contributed by atoms with Gasteiger partial charge in [-0.1, -0.05) is 6.07 Å². The van der Waals surface area contributed by atoms with Crippen LogP contribution < -0.4 is 5.73 Å². The lowest BCUT2D eigenvalue weighted by molar-refractivity contribution is -0.137. The fraction of sp³-hybridized carbons (Fsp3) is 0.125. The van der Waals surface area contributed by atoms with Gasteiger partial charge in [-0.2, -0.15) is 13.2 Å². The van der Waals surface area contributed by atoms with Crippen molar-refractivity contribution < 1.29 is 17.6 Å². The first-order chi connectivity index (χ1) is 6.34. The number of halogens is 4. The van der Waals surface area contributed by atoms with Crippen LogP contribution in [0.1, 0.15) is 11.1 Å². The van der Waals surface area contributed by atoms with Gasteiger partial charge in [0.2, 0.25) is 0 Å². The molecule has 0 bridgehead atoms. The third kappa shape index (κ3) is 1.84. The molecule has 0 aliphatic rings. The van der Waals surface area contributed by atoms with Crippen molar-refractivity contribution in [2.45, 2.75) is 6.18 Å². The molecular formula is C8H6F4N2. The Morgan fingerprint density at radius 1 is 1.29 bits per heavy atom. The van der Waals surface area contributed by atoms with Crippen molar-refractivity contribution in [1.29, 1.82) is 5.41 Å². The molecule has 0 amide bonds. The van der Waals surface area contributed by atoms with Crippen molar-refractivity contribution in [3.63, 3.8) is 0 Å². The minimum Gasteiger partial charge on any atom is -0.384 e. The lowest BCUT2D eigenvalue weighted by atomic mass is 10.1. The zero-order valence-corrected chi connectivity index (χ0v) is 6.82. The second kappa shape index (κ2) is 3.28. The van der Waals surface area contributed by atoms with Crippen LogP contribution in [0.25, 0.3) is 0 Å². The van der Waals surface area contributed by atoms with E-state index in [0.29, 0.717) is 6.07 Å². The van der Waals surface area contributed by atoms with E-state index in [2.05, 4.69) is 0 Å². The molecule has 0 aromatic heterocycles. The van der Waals surface area contributed by atoms with Crippen LogP contribution in [0.2, 0.25) is 0 Å². The fourth-order valence-corrected chi connectivity index (χ4v) is 1.03. The maximum Gasteiger partial charge on any atom is 0.417 e. The van der Waals surface area contributed by atoms with E-state index in [0.717, 1.165) is 12.1 Å². The number of nitrogens with two attached hydrogens (primary N) is 1. The average molecular weight is 206 g/mol. The monoisotopic (exact) mass is 206 g/mol. The molecule has 6 heteroatoms. The second-order valence-corrected chi connectivity index (χ2v) is 2.57. The van der Waals surface area contributed by atoms with Crippen molar-refractivity contribution in [2.24, 2.45) is 5.73 Å². The normalized spacial score (nSPS) is 11.4. The first-order valence-electron chi connectivity index (χ1n) is 3.54. The van der Waals surface area contributed by atoms with Gasteiger partial charge < -0.3 is 5.73 Å². The van der Waals surface area contributed by atoms with Crippen LogP contribution in [0.3, 0.4) is 0 Å². The topological polar surface area (TPSA) is 49.9 Å². The number of alkyl halides is 3. The van der Waals surface area contributed by atoms with E-state index in [-0.39, 0.29) is 0 Å². The van der Waals surface area contributed by atoms with Crippen LogP contribution in [-0.2, 0) is 6.18 Å². The van der Waals surface area contributed by atoms with Gasteiger partial charge in [0.15, 0.2) is 0 Å². The van der Waals surface area contributed by atoms with Crippen molar-refractivity contribution in [1.82, 2.24) is 0 Å². The quantitative estimate of drug-likeness (QED) is 0.412. The van der Waals surface area contributed by atoms with E-state index in [1.165, 1.54) is 0 Å². The molecule has 1 rings (SSSR count). The molecule has 0 saturated heterocycles. The molecular weight excluding hydrogens is 200 g/mol. The summed E-state index contributed by atoms with van der Waals surface area (Å²) >= 11 is 0. The number of hydrogen-bond donors (Lipinski definition) is 2. The third-order valence-corrected chi connectivity index (χ3v) is 1.59. The van der Waals surface area contributed by atoms with E-state index in [1.54, 1.807) is 0 Å². The maximum atomic E-state index is 12.9. The van der Waals surface area contributed by atoms with Gasteiger partial charge in [0.1, 0.15) is 11.7 Å². The lowest BCUT2D eigenvalue weighted by Gasteiger charge is -2.11. The van der Waals surface area contributed by atoms with Gasteiger partial charge >= 0.3 is 6.18 Å². The Labute approximate surface area is 76.8 Å². The van der Waals surface area contributed by atoms with Gasteiger partial charge in [-0.3, -0.25) is 5.41 Å². The summed E-state index contributed by atoms with van der Waals surface area (Å²) in [5.74, 6) is -2.08. The molecule has 76 valence electrons. The second-order valence-electron chi connectivity index (χ2n) is 2.57. The van der Waals surface area contributed by atoms with Crippen molar-refractivity contribution in [3.05, 3.63) is 35.1 Å². The van der Waals surface area contributed by atoms with E-state index in [1.807, 2.05) is 0 Å². The van der Waals surface area contributed by atoms with Crippen LogP contribution in [0, 0.1) is 11.2 Å². The molecule has 1 aromatic rings. The largest absolute Gasteiger partial charge is 0.417 e. The van der Waals surface area contributed by atoms with Crippen molar-refractivity contribution >= 4 is 5.84 Å². The smallest absolute Gasteiger partial charge is 0.384 e. The number of nitrogens with one attached hydrogen (secondary N) is 1. The van der Waals surface area contributed by atoms with Crippen molar-refractivity contribution in [2.75, 3.05) is 0 Å². The number of rotatable bonds is 1. The Morgan fingerprint density at radius 3 is 2.21 bits per heavy atom. The van der Waals surface area contributed by atoms with Gasteiger partial charge in [-0.05, 0) is 12.1 Å². The molecule has 0 unspecified atom stereocenters. The van der Waals surface area contributed by atoms with E-state index in [4.69, 9.17) is 11.1 Å². The molecule has 0 fully saturated rings. The summed E-state index contributed by atoms with van der Waals surface area (Å²) < 4.78 is 49.7. The summed E-state index contributed by atoms with van der Waals surface area (Å²) in [6, 6.07) is 2.43. The first-order valence-corrected chi connectivity index (χ1v) is 3.54. The fourth-order valence-electron chi connectivity index (χ4n) is 1.03. The van der Waals surface area contributed by atoms with Gasteiger partial charge in [0, 0.05) is 0 Å². The van der Waals surface area contributed by atoms with Crippen molar-refractivity contribution in [3.8, 4) is 0 Å². The SMILES string of the molecule is N=C(N)c1c(F)cccc1C(F)(F)F. The Balaban J connectivity index is 3.44. The Morgan fingerprint density at radius 2 is 1.86 bits per heavy atom. The number of benzene rings is 1. The van der Waals surface area contributed by atoms with E-state index < -0.39 is 29.0 Å². The van der Waals surface area contributed by atoms with Crippen LogP contribution in [0.15, 0.2) is 18.2 Å². The first kappa shape index (κ1) is 10.5. The van der Waals surface area contributed by atoms with Gasteiger partial charge in [0.25, 0.3) is 0 Å². The molecule has 0 heterocycles. The summed E-state index contributed by atoms with van der Waals surface area (Å²) in [6.45, 7) is 0. The van der Waals surface area contributed by atoms with Crippen LogP contribution >= 0.6 is 0 Å². The maximum absolute atomic E-state index is 12.9. The molecule has 0 atom stereocenters. The molecule has 0 saturated carbocycles. The molecule has 2 nitrogen and oxygen atoms in total. The van der Waals surface area contributed by atoms with Crippen LogP contribution in [0.4, 0.5) is 17.6 Å². The van der Waals surface area contributed by atoms with Crippen LogP contribution in [0.5, 0.6) is 0 Å². The molecule has 0 aliphatic carbocycles. The zero-order chi connectivity index (χ0) is 10.9. The summed E-state index contributed by atoms with van der Waals surface area (Å²) in [5.41, 5.74) is 2.72. The lowest BCUT2D eigenvalue weighted by Crippen LogP contribution is -2.20. The van der Waals surface area contributed by atoms with E-state index in [9.17, 15) is 17.6 Å². The average Bonchev–Trinajstić information content (AvgIpc) is 2.01. The molecule has 1 aromatic carbocycles. The summed E-state index contributed by atoms with van der Waals surface area (Å²) in [7, 11) is 0. The highest BCUT2D eigenvalue weighted by molar-refractivity contribution is 5.96. The zero-order valence-electron chi connectivity index (χ0n) is 6.82. The molecule has 3 N–H and O–H groups in total. The number of amidine groups is 1. The highest BCUT2D eigenvalue weighted by Gasteiger charge is 2.35. The minimum absolute atomic E-state index is 0.680. The molecule has 0 aliphatic heterocycles. The highest BCUT2D eigenvalue weighted by atomic mass is 19.4. The van der Waals surface area contributed by atoms with Crippen LogP contribution in [-0.4, -0.2) is 5.84 Å². The minimum atomic E-state index is -4.71. The third-order valence-electron chi connectivity index (χ3n) is 1.59. The summed E-state index contributed by atoms with van der Waals surface area (Å²) in [6.07, 6.45) is -4.71. The summed E-state index contributed by atoms with van der Waals surface area (Å²) in [4.78, 5) is 0. The van der Waals surface area contributed by atoms with Gasteiger partial charge in [-0.25, -0.2) is 4.39 Å². The van der Waals surface area contributed by atoms with E-state index >= 15 is 0 Å². The predicted molar refractivity (Wildman–Crippen MR) is 42.4 cm³/mol. The predicted octanol–water partition coefficient (Wildman–Crippen LogP) is 2.13. The Hall–Kier alpha value is -1.59. The number of nitrogen functional groups attached to an aromatic ring is 1. The molecule has 0 spiro atoms. The Kier molecular flexibility index (Phi) is 2.46. The molecule has 14 heavy (non-hydrogen) atoms. The number of hydrogen-bond acceptors (Lipinski definition) is 1. The van der Waals surface area contributed by atoms with Gasteiger partial charge in [0.05, 0.1) is 11.1 Å².